The van der Waals surface area contributed by atoms with E-state index >= 15 is 0 Å². The Morgan fingerprint density at radius 2 is 1.00 bits per heavy atom. The monoisotopic (exact) mass is 806 g/mol. The molecule has 0 aliphatic carbocycles. The first-order chi connectivity index (χ1) is 30.5. The minimum Gasteiger partial charge on any atom is -0.310 e. The molecule has 11 aromatic rings. The van der Waals surface area contributed by atoms with Crippen LogP contribution < -0.4 is 16.4 Å². The first-order valence-electron chi connectivity index (χ1n) is 22.6. The molecule has 0 saturated carbocycles. The summed E-state index contributed by atoms with van der Waals surface area (Å²) >= 11 is 0. The van der Waals surface area contributed by atoms with E-state index in [9.17, 15) is 0 Å². The predicted molar refractivity (Wildman–Crippen MR) is 271 cm³/mol. The fourth-order valence-electron chi connectivity index (χ4n) is 11.3. The lowest BCUT2D eigenvalue weighted by Gasteiger charge is -2.36. The minimum absolute atomic E-state index is 0.00936. The minimum atomic E-state index is -0.0683. The Balaban J connectivity index is 1.32. The van der Waals surface area contributed by atoms with Crippen molar-refractivity contribution in [2.45, 2.75) is 52.4 Å². The lowest BCUT2D eigenvalue weighted by Crippen LogP contribution is -2.60. The molecule has 2 aromatic heterocycles. The van der Waals surface area contributed by atoms with E-state index in [1.165, 1.54) is 127 Å². The van der Waals surface area contributed by atoms with Gasteiger partial charge in [0.1, 0.15) is 0 Å². The maximum atomic E-state index is 2.68. The number of nitrogens with zero attached hydrogens (tertiary/aromatic N) is 2. The highest BCUT2D eigenvalue weighted by atomic mass is 15.0. The van der Waals surface area contributed by atoms with E-state index in [0.29, 0.717) is 0 Å². The first kappa shape index (κ1) is 36.5. The summed E-state index contributed by atoms with van der Waals surface area (Å²) in [7, 11) is 0. The molecule has 2 aliphatic rings. The number of hydrogen-bond donors (Lipinski definition) is 0. The number of aromatic nitrogens is 2. The van der Waals surface area contributed by atoms with Crippen LogP contribution in [-0.4, -0.2) is 15.8 Å². The van der Waals surface area contributed by atoms with Gasteiger partial charge in [-0.25, -0.2) is 0 Å². The molecule has 9 aromatic carbocycles. The normalized spacial score (nSPS) is 13.2. The molecule has 300 valence electrons. The maximum absolute atomic E-state index is 2.68. The molecule has 0 spiro atoms. The third kappa shape index (κ3) is 5.08. The standard InChI is InChI=1S/C60H47BN2/c1-59(2,3)41-27-29-50-46(32-41)47-33-42(60(4,5)6)34-49-57(47)62(50)51-30-40(36-18-10-7-11-19-36)31-52-55(51)61(49)54-44-28-26-37-20-16-17-25-43(37)45(44)35-48-53(38-21-12-8-13-22-38)56(63(52)58(48)54)39-23-14-9-15-24-39/h7-35H,1-6H3. The van der Waals surface area contributed by atoms with E-state index < -0.39 is 0 Å². The summed E-state index contributed by atoms with van der Waals surface area (Å²) < 4.78 is 5.32. The van der Waals surface area contributed by atoms with Crippen LogP contribution in [0.5, 0.6) is 0 Å². The van der Waals surface area contributed by atoms with Crippen molar-refractivity contribution in [3.63, 3.8) is 0 Å². The van der Waals surface area contributed by atoms with Crippen molar-refractivity contribution >= 4 is 77.4 Å². The van der Waals surface area contributed by atoms with Crippen LogP contribution in [0.15, 0.2) is 176 Å². The van der Waals surface area contributed by atoms with Gasteiger partial charge < -0.3 is 9.13 Å². The van der Waals surface area contributed by atoms with Crippen LogP contribution >= 0.6 is 0 Å². The molecule has 4 heterocycles. The molecule has 13 rings (SSSR count). The quantitative estimate of drug-likeness (QED) is 0.124. The number of benzene rings is 9. The topological polar surface area (TPSA) is 9.86 Å². The van der Waals surface area contributed by atoms with Gasteiger partial charge in [-0.3, -0.25) is 0 Å². The summed E-state index contributed by atoms with van der Waals surface area (Å²) in [4.78, 5) is 0. The molecule has 0 amide bonds. The lowest BCUT2D eigenvalue weighted by atomic mass is 9.33. The average Bonchev–Trinajstić information content (AvgIpc) is 3.82. The van der Waals surface area contributed by atoms with Crippen molar-refractivity contribution in [3.05, 3.63) is 187 Å². The van der Waals surface area contributed by atoms with Gasteiger partial charge >= 0.3 is 0 Å². The highest BCUT2D eigenvalue weighted by Gasteiger charge is 2.44. The van der Waals surface area contributed by atoms with Gasteiger partial charge in [-0.05, 0) is 119 Å². The summed E-state index contributed by atoms with van der Waals surface area (Å²) in [5, 5.41) is 9.14. The molecular weight excluding hydrogens is 759 g/mol. The molecule has 0 fully saturated rings. The van der Waals surface area contributed by atoms with Gasteiger partial charge in [-0.1, -0.05) is 181 Å². The summed E-state index contributed by atoms with van der Waals surface area (Å²) in [6.45, 7) is 14.1. The second kappa shape index (κ2) is 12.7. The molecule has 0 saturated heterocycles. The molecule has 0 bridgehead atoms. The molecule has 0 radical (unpaired) electrons. The largest absolute Gasteiger partial charge is 0.310 e. The second-order valence-corrected chi connectivity index (χ2v) is 20.1. The summed E-state index contributed by atoms with van der Waals surface area (Å²) in [6, 6.07) is 67.0. The fraction of sp³-hybridized carbons (Fsp3) is 0.133. The van der Waals surface area contributed by atoms with Crippen LogP contribution in [0.2, 0.25) is 0 Å². The summed E-state index contributed by atoms with van der Waals surface area (Å²) in [6.07, 6.45) is 0. The fourth-order valence-corrected chi connectivity index (χ4v) is 11.3. The van der Waals surface area contributed by atoms with Gasteiger partial charge in [-0.2, -0.15) is 0 Å². The molecular formula is C60H47BN2. The number of fused-ring (bicyclic) bond motifs is 11. The van der Waals surface area contributed by atoms with E-state index in [0.717, 1.165) is 0 Å². The molecule has 2 aliphatic heterocycles. The van der Waals surface area contributed by atoms with Crippen molar-refractivity contribution in [3.8, 4) is 44.9 Å². The Bertz CT molecular complexity index is 3730. The Morgan fingerprint density at radius 1 is 0.381 bits per heavy atom. The highest BCUT2D eigenvalue weighted by Crippen LogP contribution is 2.48. The summed E-state index contributed by atoms with van der Waals surface area (Å²) in [5.41, 5.74) is 20.6. The van der Waals surface area contributed by atoms with Crippen molar-refractivity contribution in [1.82, 2.24) is 9.13 Å². The Kier molecular flexibility index (Phi) is 7.39. The second-order valence-electron chi connectivity index (χ2n) is 20.1. The van der Waals surface area contributed by atoms with Crippen molar-refractivity contribution < 1.29 is 0 Å². The Hall–Kier alpha value is -7.10. The van der Waals surface area contributed by atoms with Crippen molar-refractivity contribution in [2.24, 2.45) is 0 Å². The van der Waals surface area contributed by atoms with Crippen LogP contribution in [0, 0.1) is 0 Å². The molecule has 0 atom stereocenters. The molecule has 0 N–H and O–H groups in total. The van der Waals surface area contributed by atoms with Crippen LogP contribution in [0.25, 0.3) is 99.1 Å². The van der Waals surface area contributed by atoms with Gasteiger partial charge in [0, 0.05) is 38.6 Å². The van der Waals surface area contributed by atoms with Gasteiger partial charge in [0.25, 0.3) is 6.71 Å². The van der Waals surface area contributed by atoms with Gasteiger partial charge in [0.15, 0.2) is 0 Å². The Morgan fingerprint density at radius 3 is 1.70 bits per heavy atom. The van der Waals surface area contributed by atoms with Crippen LogP contribution in [0.4, 0.5) is 0 Å². The maximum Gasteiger partial charge on any atom is 0.253 e. The van der Waals surface area contributed by atoms with E-state index in [-0.39, 0.29) is 17.5 Å². The average molecular weight is 807 g/mol. The number of hydrogen-bond acceptors (Lipinski definition) is 0. The van der Waals surface area contributed by atoms with E-state index in [4.69, 9.17) is 0 Å². The third-order valence-corrected chi connectivity index (χ3v) is 14.4. The van der Waals surface area contributed by atoms with Crippen LogP contribution in [0.1, 0.15) is 52.7 Å². The summed E-state index contributed by atoms with van der Waals surface area (Å²) in [5.74, 6) is 0. The molecule has 0 unspecified atom stereocenters. The molecule has 63 heavy (non-hydrogen) atoms. The van der Waals surface area contributed by atoms with E-state index in [2.05, 4.69) is 227 Å². The third-order valence-electron chi connectivity index (χ3n) is 14.4. The van der Waals surface area contributed by atoms with Crippen LogP contribution in [-0.2, 0) is 10.8 Å². The zero-order valence-electron chi connectivity index (χ0n) is 36.7. The molecule has 2 nitrogen and oxygen atoms in total. The first-order valence-corrected chi connectivity index (χ1v) is 22.6. The predicted octanol–water partition coefficient (Wildman–Crippen LogP) is 13.8. The van der Waals surface area contributed by atoms with E-state index in [1.807, 2.05) is 0 Å². The van der Waals surface area contributed by atoms with E-state index in [1.54, 1.807) is 0 Å². The van der Waals surface area contributed by atoms with Crippen molar-refractivity contribution in [1.29, 1.82) is 0 Å². The van der Waals surface area contributed by atoms with Gasteiger partial charge in [-0.15, -0.1) is 0 Å². The zero-order chi connectivity index (χ0) is 42.5. The van der Waals surface area contributed by atoms with Crippen molar-refractivity contribution in [2.75, 3.05) is 0 Å². The van der Waals surface area contributed by atoms with Gasteiger partial charge in [0.05, 0.1) is 16.7 Å². The SMILES string of the molecule is CC(C)(C)c1ccc2c(c1)c1cc(C(C)(C)C)cc3c1n2-c1cc(-c2ccccc2)cc2c1B3c1c3ccc4ccccc4c3cc3c(-c4ccccc4)c(-c4ccccc4)n-2c13. The van der Waals surface area contributed by atoms with Crippen LogP contribution in [0.3, 0.4) is 0 Å². The highest BCUT2D eigenvalue weighted by molar-refractivity contribution is 7.01. The number of rotatable bonds is 3. The lowest BCUT2D eigenvalue weighted by molar-refractivity contribution is 0.590. The smallest absolute Gasteiger partial charge is 0.253 e. The molecule has 3 heteroatoms. The van der Waals surface area contributed by atoms with Gasteiger partial charge in [0.2, 0.25) is 0 Å². The Labute approximate surface area is 369 Å². The zero-order valence-corrected chi connectivity index (χ0v) is 36.7.